The Morgan fingerprint density at radius 1 is 1.11 bits per heavy atom. The molecule has 2 rings (SSSR count). The first kappa shape index (κ1) is 21.9. The number of carbonyl (C=O) groups excluding carboxylic acids is 3. The number of nitrogens with zero attached hydrogens (tertiary/aromatic N) is 2. The van der Waals surface area contributed by atoms with Gasteiger partial charge in [-0.25, -0.2) is 4.79 Å². The summed E-state index contributed by atoms with van der Waals surface area (Å²) >= 11 is 0. The summed E-state index contributed by atoms with van der Waals surface area (Å²) in [6, 6.07) is 8.13. The quantitative estimate of drug-likeness (QED) is 0.661. The molecule has 0 aromatic heterocycles. The smallest absolute Gasteiger partial charge is 0.326 e. The summed E-state index contributed by atoms with van der Waals surface area (Å²) in [5, 5.41) is 3.11. The Bertz CT molecular complexity index is 697. The van der Waals surface area contributed by atoms with E-state index in [-0.39, 0.29) is 49.3 Å². The summed E-state index contributed by atoms with van der Waals surface area (Å²) in [6.45, 7) is 8.98. The third-order valence-corrected chi connectivity index (χ3v) is 4.98. The van der Waals surface area contributed by atoms with Gasteiger partial charge in [0.15, 0.2) is 0 Å². The van der Waals surface area contributed by atoms with Gasteiger partial charge in [-0.15, -0.1) is 0 Å². The van der Waals surface area contributed by atoms with Gasteiger partial charge < -0.3 is 10.2 Å². The second-order valence-corrected chi connectivity index (χ2v) is 8.42. The molecule has 0 aliphatic carbocycles. The minimum atomic E-state index is -0.285. The van der Waals surface area contributed by atoms with Crippen molar-refractivity contribution in [3.8, 4) is 0 Å². The van der Waals surface area contributed by atoms with E-state index >= 15 is 0 Å². The molecule has 1 atom stereocenters. The van der Waals surface area contributed by atoms with E-state index in [1.807, 2.05) is 0 Å². The summed E-state index contributed by atoms with van der Waals surface area (Å²) in [7, 11) is 1.60. The fourth-order valence-corrected chi connectivity index (χ4v) is 3.50. The van der Waals surface area contributed by atoms with Gasteiger partial charge in [0.25, 0.3) is 0 Å². The fraction of sp³-hybridized carbons (Fsp3) is 0.591. The van der Waals surface area contributed by atoms with E-state index in [1.54, 1.807) is 7.05 Å². The number of likely N-dealkylation sites (N-methyl/N-ethyl adjacent to an activating group) is 1. The van der Waals surface area contributed by atoms with Crippen LogP contribution < -0.4 is 5.32 Å². The van der Waals surface area contributed by atoms with E-state index in [2.05, 4.69) is 57.3 Å². The number of hydrogen-bond acceptors (Lipinski definition) is 3. The molecule has 1 N–H and O–H groups in total. The molecule has 1 fully saturated rings. The molecule has 1 heterocycles. The van der Waals surface area contributed by atoms with Crippen LogP contribution in [-0.2, 0) is 16.0 Å². The first-order chi connectivity index (χ1) is 13.2. The number of imide groups is 1. The molecule has 154 valence electrons. The average molecular weight is 388 g/mol. The van der Waals surface area contributed by atoms with Crippen molar-refractivity contribution in [3.05, 3.63) is 35.4 Å². The van der Waals surface area contributed by atoms with Crippen LogP contribution in [-0.4, -0.2) is 47.8 Å². The van der Waals surface area contributed by atoms with Crippen molar-refractivity contribution in [2.24, 2.45) is 11.8 Å². The Labute approximate surface area is 168 Å². The number of carbonyl (C=O) groups is 3. The monoisotopic (exact) mass is 387 g/mol. The van der Waals surface area contributed by atoms with E-state index in [4.69, 9.17) is 0 Å². The molecule has 0 saturated carbocycles. The van der Waals surface area contributed by atoms with Gasteiger partial charge in [-0.2, -0.15) is 0 Å². The minimum Gasteiger partial charge on any atom is -0.349 e. The highest BCUT2D eigenvalue weighted by Gasteiger charge is 2.32. The van der Waals surface area contributed by atoms with Gasteiger partial charge >= 0.3 is 6.03 Å². The minimum absolute atomic E-state index is 0.0539. The number of amides is 4. The Kier molecular flexibility index (Phi) is 7.61. The van der Waals surface area contributed by atoms with Gasteiger partial charge in [-0.1, -0.05) is 52.0 Å². The van der Waals surface area contributed by atoms with Crippen LogP contribution >= 0.6 is 0 Å². The molecule has 1 saturated heterocycles. The van der Waals surface area contributed by atoms with Gasteiger partial charge in [-0.05, 0) is 35.8 Å². The van der Waals surface area contributed by atoms with Gasteiger partial charge in [0.05, 0.1) is 6.04 Å². The van der Waals surface area contributed by atoms with Crippen LogP contribution in [0, 0.1) is 11.8 Å². The predicted octanol–water partition coefficient (Wildman–Crippen LogP) is 3.37. The first-order valence-electron chi connectivity index (χ1n) is 10.1. The molecule has 28 heavy (non-hydrogen) atoms. The lowest BCUT2D eigenvalue weighted by Crippen LogP contribution is -2.34. The fourth-order valence-electron chi connectivity index (χ4n) is 3.50. The van der Waals surface area contributed by atoms with Crippen LogP contribution in [0.4, 0.5) is 4.79 Å². The van der Waals surface area contributed by atoms with Crippen molar-refractivity contribution in [3.63, 3.8) is 0 Å². The summed E-state index contributed by atoms with van der Waals surface area (Å²) in [5.41, 5.74) is 2.40. The highest BCUT2D eigenvalue weighted by atomic mass is 16.2. The molecule has 1 aromatic carbocycles. The van der Waals surface area contributed by atoms with Crippen molar-refractivity contribution in [1.29, 1.82) is 0 Å². The van der Waals surface area contributed by atoms with Gasteiger partial charge in [0.2, 0.25) is 11.8 Å². The molecule has 0 bridgehead atoms. The van der Waals surface area contributed by atoms with Crippen molar-refractivity contribution in [2.45, 2.75) is 53.0 Å². The molecule has 6 nitrogen and oxygen atoms in total. The normalized spacial score (nSPS) is 15.7. The molecular weight excluding hydrogens is 354 g/mol. The summed E-state index contributed by atoms with van der Waals surface area (Å²) in [5.74, 6) is 0.614. The van der Waals surface area contributed by atoms with Crippen molar-refractivity contribution in [2.75, 3.05) is 20.1 Å². The lowest BCUT2D eigenvalue weighted by molar-refractivity contribution is -0.126. The Morgan fingerprint density at radius 2 is 1.75 bits per heavy atom. The van der Waals surface area contributed by atoms with E-state index in [9.17, 15) is 14.4 Å². The highest BCUT2D eigenvalue weighted by molar-refractivity contribution is 6.01. The van der Waals surface area contributed by atoms with Crippen LogP contribution in [0.15, 0.2) is 24.3 Å². The molecule has 1 aliphatic heterocycles. The zero-order valence-corrected chi connectivity index (χ0v) is 17.7. The maximum Gasteiger partial charge on any atom is 0.326 e. The van der Waals surface area contributed by atoms with E-state index in [0.29, 0.717) is 12.3 Å². The molecule has 1 unspecified atom stereocenters. The lowest BCUT2D eigenvalue weighted by atomic mass is 9.93. The Balaban J connectivity index is 1.88. The van der Waals surface area contributed by atoms with Crippen LogP contribution in [0.25, 0.3) is 0 Å². The molecule has 0 spiro atoms. The molecule has 1 aliphatic rings. The second kappa shape index (κ2) is 9.71. The average Bonchev–Trinajstić information content (AvgIpc) is 2.86. The maximum absolute atomic E-state index is 12.4. The number of rotatable bonds is 9. The molecular formula is C22H33N3O3. The topological polar surface area (TPSA) is 69.7 Å². The van der Waals surface area contributed by atoms with Crippen LogP contribution in [0.3, 0.4) is 0 Å². The molecule has 4 amide bonds. The third kappa shape index (κ3) is 5.81. The molecule has 6 heteroatoms. The maximum atomic E-state index is 12.4. The Hall–Kier alpha value is -2.37. The number of hydrogen-bond donors (Lipinski definition) is 1. The Morgan fingerprint density at radius 3 is 2.25 bits per heavy atom. The molecule has 0 radical (unpaired) electrons. The first-order valence-corrected chi connectivity index (χ1v) is 10.1. The van der Waals surface area contributed by atoms with Gasteiger partial charge in [0, 0.05) is 20.0 Å². The number of nitrogens with one attached hydrogen (secondary N) is 1. The SMILES string of the molecule is CC(C)Cc1ccc(C(NC(=O)CCCN2C(=O)CN(C)C2=O)C(C)C)cc1. The van der Waals surface area contributed by atoms with Crippen LogP contribution in [0.5, 0.6) is 0 Å². The highest BCUT2D eigenvalue weighted by Crippen LogP contribution is 2.23. The van der Waals surface area contributed by atoms with Crippen LogP contribution in [0.1, 0.15) is 57.7 Å². The number of benzene rings is 1. The lowest BCUT2D eigenvalue weighted by Gasteiger charge is -2.23. The van der Waals surface area contributed by atoms with Gasteiger partial charge in [-0.3, -0.25) is 14.5 Å². The summed E-state index contributed by atoms with van der Waals surface area (Å²) in [6.07, 6.45) is 1.80. The predicted molar refractivity (Wildman–Crippen MR) is 110 cm³/mol. The van der Waals surface area contributed by atoms with Crippen molar-refractivity contribution < 1.29 is 14.4 Å². The van der Waals surface area contributed by atoms with Crippen molar-refractivity contribution >= 4 is 17.8 Å². The summed E-state index contributed by atoms with van der Waals surface area (Å²) < 4.78 is 0. The zero-order chi connectivity index (χ0) is 20.8. The van der Waals surface area contributed by atoms with Crippen molar-refractivity contribution in [1.82, 2.24) is 15.1 Å². The third-order valence-electron chi connectivity index (χ3n) is 4.98. The van der Waals surface area contributed by atoms with E-state index in [1.165, 1.54) is 15.4 Å². The van der Waals surface area contributed by atoms with E-state index < -0.39 is 0 Å². The van der Waals surface area contributed by atoms with E-state index in [0.717, 1.165) is 12.0 Å². The largest absolute Gasteiger partial charge is 0.349 e. The summed E-state index contributed by atoms with van der Waals surface area (Å²) in [4.78, 5) is 38.7. The van der Waals surface area contributed by atoms with Gasteiger partial charge in [0.1, 0.15) is 6.54 Å². The second-order valence-electron chi connectivity index (χ2n) is 8.42. The zero-order valence-electron chi connectivity index (χ0n) is 17.7. The molecule has 1 aromatic rings. The standard InChI is InChI=1S/C22H33N3O3/c1-15(2)13-17-8-10-18(11-9-17)21(16(3)4)23-19(26)7-6-12-25-20(27)14-24(5)22(25)28/h8-11,15-16,21H,6-7,12-14H2,1-5H3,(H,23,26). The number of urea groups is 1. The van der Waals surface area contributed by atoms with Crippen LogP contribution in [0.2, 0.25) is 0 Å².